The summed E-state index contributed by atoms with van der Waals surface area (Å²) in [5, 5.41) is -5.58. The second kappa shape index (κ2) is 15.2. The molecule has 0 saturated carbocycles. The summed E-state index contributed by atoms with van der Waals surface area (Å²) in [6.07, 6.45) is -17.9. The molecule has 2 nitrogen and oxygen atoms in total. The first kappa shape index (κ1) is 57.8. The number of benzene rings is 2. The molecular weight excluding hydrogens is 1080 g/mol. The van der Waals surface area contributed by atoms with Gasteiger partial charge in [0.25, 0.3) is 0 Å². The molecule has 68 heavy (non-hydrogen) atoms. The van der Waals surface area contributed by atoms with Gasteiger partial charge in [-0.1, -0.05) is 12.1 Å². The van der Waals surface area contributed by atoms with Crippen LogP contribution in [0.2, 0.25) is 0 Å². The van der Waals surface area contributed by atoms with Gasteiger partial charge in [-0.2, -0.15) is 149 Å². The fraction of sp³-hybridized carbons (Fsp3) is 0.552. The van der Waals surface area contributed by atoms with E-state index in [4.69, 9.17) is 0 Å². The summed E-state index contributed by atoms with van der Waals surface area (Å²) in [5.74, 6) is -130. The summed E-state index contributed by atoms with van der Waals surface area (Å²) < 4.78 is 506. The van der Waals surface area contributed by atoms with Crippen LogP contribution >= 0.6 is 0 Å². The standard InChI is InChI=1S/C29H5BF36O2/c31-14(32,16(35,36)18(39,40)20(43,44)22(47,48)24(51,52)26(55,56)28(59,60)61)8-3-1-7-9(5-11(68-30(65)66)13-10(67)4-2-6(8)12(7)13)15(33,34)17(37,38)19(41,42)21(45,46)23(49,50)25(53,54)27(57,58)29(62,63)64/h1-5H. The minimum Gasteiger partial charge on any atom is -0.505 e. The average molecular weight is 1080 g/mol. The van der Waals surface area contributed by atoms with E-state index in [-0.39, 0.29) is 0 Å². The summed E-state index contributed by atoms with van der Waals surface area (Å²) >= 11 is 0. The van der Waals surface area contributed by atoms with Gasteiger partial charge < -0.3 is 4.65 Å². The molecule has 0 amide bonds. The van der Waals surface area contributed by atoms with Gasteiger partial charge in [-0.25, -0.2) is 8.63 Å². The number of carbonyl (C=O) groups excluding carboxylic acids is 1. The van der Waals surface area contributed by atoms with Gasteiger partial charge in [0.1, 0.15) is 5.75 Å². The molecule has 1 aliphatic carbocycles. The van der Waals surface area contributed by atoms with E-state index < -0.39 is 178 Å². The van der Waals surface area contributed by atoms with E-state index in [1.54, 1.807) is 0 Å². The van der Waals surface area contributed by atoms with Gasteiger partial charge in [-0.05, 0) is 29.2 Å². The minimum absolute atomic E-state index is 0.603. The van der Waals surface area contributed by atoms with Crippen molar-refractivity contribution in [1.82, 2.24) is 0 Å². The number of carbonyl (C=O) groups is 1. The zero-order valence-corrected chi connectivity index (χ0v) is 29.9. The summed E-state index contributed by atoms with van der Waals surface area (Å²) in [7, 11) is -4.85. The normalized spacial score (nSPS) is 16.5. The van der Waals surface area contributed by atoms with Crippen molar-refractivity contribution in [3.63, 3.8) is 0 Å². The number of ketones is 1. The molecule has 0 unspecified atom stereocenters. The van der Waals surface area contributed by atoms with Gasteiger partial charge in [0.15, 0.2) is 5.78 Å². The van der Waals surface area contributed by atoms with Crippen molar-refractivity contribution in [1.29, 1.82) is 0 Å². The highest BCUT2D eigenvalue weighted by Gasteiger charge is 2.97. The molecule has 0 aromatic heterocycles. The monoisotopic (exact) mass is 1080 g/mol. The summed E-state index contributed by atoms with van der Waals surface area (Å²) in [6, 6.07) is -4.19. The van der Waals surface area contributed by atoms with E-state index in [0.29, 0.717) is 0 Å². The van der Waals surface area contributed by atoms with Crippen molar-refractivity contribution in [2.75, 3.05) is 0 Å². The van der Waals surface area contributed by atoms with Crippen molar-refractivity contribution in [2.45, 2.75) is 95.3 Å². The van der Waals surface area contributed by atoms with Crippen LogP contribution in [0.1, 0.15) is 27.0 Å². The quantitative estimate of drug-likeness (QED) is 0.124. The first-order valence-corrected chi connectivity index (χ1v) is 15.7. The van der Waals surface area contributed by atoms with Crippen LogP contribution in [0.3, 0.4) is 0 Å². The third-order valence-electron chi connectivity index (χ3n) is 9.29. The molecule has 3 rings (SSSR count). The van der Waals surface area contributed by atoms with Crippen molar-refractivity contribution in [3.05, 3.63) is 46.5 Å². The second-order valence-corrected chi connectivity index (χ2v) is 13.4. The molecule has 1 aliphatic rings. The van der Waals surface area contributed by atoms with Crippen LogP contribution in [0, 0.1) is 0 Å². The minimum atomic E-state index is -9.39. The Labute approximate surface area is 346 Å². The smallest absolute Gasteiger partial charge is 0.505 e. The number of halogens is 36. The Morgan fingerprint density at radius 3 is 0.971 bits per heavy atom. The summed E-state index contributed by atoms with van der Waals surface area (Å²) in [4.78, 5) is 12.6. The maximum absolute atomic E-state index is 15.6. The molecule has 0 spiro atoms. The van der Waals surface area contributed by atoms with E-state index in [1.807, 2.05) is 0 Å². The number of rotatable bonds is 16. The highest BCUT2D eigenvalue weighted by Crippen LogP contribution is 2.68. The number of alkyl halides is 34. The van der Waals surface area contributed by atoms with E-state index in [1.165, 1.54) is 0 Å². The Bertz CT molecular complexity index is 2330. The van der Waals surface area contributed by atoms with Crippen molar-refractivity contribution in [3.8, 4) is 5.75 Å². The SMILES string of the molecule is O=C1C=Cc2c(C(F)(F)C(F)(F)C(F)(F)C(F)(F)C(F)(F)C(F)(F)C(F)(F)C(F)(F)F)ccc3c(C(F)(F)C(F)(F)C(F)(F)C(F)(F)C(F)(F)C(F)(F)C(F)(F)C(F)(F)F)cc(OB(F)F)c1c23. The molecule has 0 bridgehead atoms. The molecule has 39 heteroatoms. The van der Waals surface area contributed by atoms with Crippen LogP contribution in [-0.2, 0) is 11.8 Å². The molecule has 0 N–H and O–H groups in total. The summed E-state index contributed by atoms with van der Waals surface area (Å²) in [5.41, 5.74) is -12.6. The van der Waals surface area contributed by atoms with Gasteiger partial charge in [0.2, 0.25) is 0 Å². The third kappa shape index (κ3) is 6.97. The van der Waals surface area contributed by atoms with E-state index in [9.17, 15) is 136 Å². The lowest BCUT2D eigenvalue weighted by molar-refractivity contribution is -0.462. The zero-order valence-electron chi connectivity index (χ0n) is 29.9. The Balaban J connectivity index is 2.51. The van der Waals surface area contributed by atoms with Crippen LogP contribution in [0.15, 0.2) is 24.3 Å². The second-order valence-electron chi connectivity index (χ2n) is 13.4. The maximum atomic E-state index is 15.6. The molecular formula is C29H5BF36O2. The molecule has 0 fully saturated rings. The highest BCUT2D eigenvalue weighted by atomic mass is 19.4. The fourth-order valence-electron chi connectivity index (χ4n) is 5.57. The van der Waals surface area contributed by atoms with E-state index >= 15 is 26.3 Å². The molecule has 0 radical (unpaired) electrons. The molecule has 0 atom stereocenters. The highest BCUT2D eigenvalue weighted by molar-refractivity contribution is 6.36. The first-order chi connectivity index (χ1) is 29.4. The lowest BCUT2D eigenvalue weighted by Crippen LogP contribution is -2.74. The Morgan fingerprint density at radius 2 is 0.662 bits per heavy atom. The van der Waals surface area contributed by atoms with Crippen LogP contribution in [-0.4, -0.2) is 96.7 Å². The zero-order chi connectivity index (χ0) is 54.4. The number of hydrogen-bond donors (Lipinski definition) is 0. The number of hydrogen-bond acceptors (Lipinski definition) is 2. The molecule has 2 aromatic rings. The topological polar surface area (TPSA) is 26.3 Å². The van der Waals surface area contributed by atoms with E-state index in [0.717, 1.165) is 0 Å². The van der Waals surface area contributed by atoms with Crippen molar-refractivity contribution in [2.24, 2.45) is 0 Å². The fourth-order valence-corrected chi connectivity index (χ4v) is 5.57. The number of allylic oxidation sites excluding steroid dienone is 1. The van der Waals surface area contributed by atoms with Crippen molar-refractivity contribution < 1.29 is 167 Å². The molecule has 0 saturated heterocycles. The largest absolute Gasteiger partial charge is 0.796 e. The average Bonchev–Trinajstić information content (AvgIpc) is 3.14. The predicted molar refractivity (Wildman–Crippen MR) is 145 cm³/mol. The van der Waals surface area contributed by atoms with Gasteiger partial charge >= 0.3 is 103 Å². The Hall–Kier alpha value is -4.55. The lowest BCUT2D eigenvalue weighted by Gasteiger charge is -2.43. The lowest BCUT2D eigenvalue weighted by atomic mass is 9.80. The molecule has 388 valence electrons. The molecule has 2 aromatic carbocycles. The van der Waals surface area contributed by atoms with E-state index in [2.05, 4.69) is 4.65 Å². The first-order valence-electron chi connectivity index (χ1n) is 15.7. The van der Waals surface area contributed by atoms with Crippen molar-refractivity contribution >= 4 is 30.1 Å². The van der Waals surface area contributed by atoms with Gasteiger partial charge in [-0.3, -0.25) is 4.79 Å². The maximum Gasteiger partial charge on any atom is 0.796 e. The van der Waals surface area contributed by atoms with Gasteiger partial charge in [0.05, 0.1) is 5.56 Å². The van der Waals surface area contributed by atoms with Gasteiger partial charge in [-0.15, -0.1) is 0 Å². The Morgan fingerprint density at radius 1 is 0.368 bits per heavy atom. The molecule has 0 aliphatic heterocycles. The predicted octanol–water partition coefficient (Wildman–Crippen LogP) is 14.3. The van der Waals surface area contributed by atoms with Gasteiger partial charge in [0, 0.05) is 16.5 Å². The molecule has 0 heterocycles. The van der Waals surface area contributed by atoms with Crippen LogP contribution < -0.4 is 4.65 Å². The Kier molecular flexibility index (Phi) is 12.9. The third-order valence-corrected chi connectivity index (χ3v) is 9.29. The summed E-state index contributed by atoms with van der Waals surface area (Å²) in [6.45, 7) is 0. The van der Waals surface area contributed by atoms with Crippen LogP contribution in [0.5, 0.6) is 5.75 Å². The van der Waals surface area contributed by atoms with Crippen LogP contribution in [0.25, 0.3) is 16.8 Å². The van der Waals surface area contributed by atoms with Crippen LogP contribution in [0.4, 0.5) is 158 Å².